The fourth-order valence-electron chi connectivity index (χ4n) is 1.74. The predicted molar refractivity (Wildman–Crippen MR) is 47.0 cm³/mol. The van der Waals surface area contributed by atoms with Crippen molar-refractivity contribution in [3.8, 4) is 0 Å². The summed E-state index contributed by atoms with van der Waals surface area (Å²) in [6.45, 7) is 2.88. The van der Waals surface area contributed by atoms with Gasteiger partial charge in [0.25, 0.3) is 0 Å². The third kappa shape index (κ3) is 1.66. The summed E-state index contributed by atoms with van der Waals surface area (Å²) in [6, 6.07) is -0.225. The molecule has 1 atom stereocenters. The van der Waals surface area contributed by atoms with Gasteiger partial charge in [0.2, 0.25) is 5.91 Å². The van der Waals surface area contributed by atoms with Gasteiger partial charge in [-0.3, -0.25) is 9.69 Å². The smallest absolute Gasteiger partial charge is 0.324 e. The monoisotopic (exact) mass is 182 g/mol. The van der Waals surface area contributed by atoms with Gasteiger partial charge >= 0.3 is 6.03 Å². The van der Waals surface area contributed by atoms with E-state index in [1.807, 2.05) is 0 Å². The zero-order chi connectivity index (χ0) is 9.42. The lowest BCUT2D eigenvalue weighted by Gasteiger charge is -2.17. The maximum Gasteiger partial charge on any atom is 0.324 e. The standard InChI is InChI=1S/C9H14N2O2/c1-6(7-2-3-7)5-11-8(12)4-10-9(11)13/h6-7H,2-5H2,1H3,(H,10,13). The van der Waals surface area contributed by atoms with Crippen LogP contribution >= 0.6 is 0 Å². The Morgan fingerprint density at radius 2 is 2.23 bits per heavy atom. The first-order valence-corrected chi connectivity index (χ1v) is 4.76. The molecule has 2 fully saturated rings. The van der Waals surface area contributed by atoms with Gasteiger partial charge in [0.15, 0.2) is 0 Å². The van der Waals surface area contributed by atoms with E-state index in [1.165, 1.54) is 17.7 Å². The van der Waals surface area contributed by atoms with E-state index in [2.05, 4.69) is 12.2 Å². The van der Waals surface area contributed by atoms with Crippen LogP contribution in [0.2, 0.25) is 0 Å². The van der Waals surface area contributed by atoms with Gasteiger partial charge in [-0.15, -0.1) is 0 Å². The van der Waals surface area contributed by atoms with Crippen molar-refractivity contribution in [3.63, 3.8) is 0 Å². The number of carbonyl (C=O) groups excluding carboxylic acids is 2. The Balaban J connectivity index is 1.91. The summed E-state index contributed by atoms with van der Waals surface area (Å²) < 4.78 is 0. The normalized spacial score (nSPS) is 24.8. The fraction of sp³-hybridized carbons (Fsp3) is 0.778. The van der Waals surface area contributed by atoms with Gasteiger partial charge < -0.3 is 5.32 Å². The maximum absolute atomic E-state index is 11.2. The highest BCUT2D eigenvalue weighted by atomic mass is 16.2. The minimum Gasteiger partial charge on any atom is -0.329 e. The third-order valence-electron chi connectivity index (χ3n) is 2.83. The van der Waals surface area contributed by atoms with Gasteiger partial charge in [-0.05, 0) is 24.7 Å². The van der Waals surface area contributed by atoms with Crippen molar-refractivity contribution in [1.82, 2.24) is 10.2 Å². The summed E-state index contributed by atoms with van der Waals surface area (Å²) in [6.07, 6.45) is 2.51. The molecule has 1 saturated carbocycles. The third-order valence-corrected chi connectivity index (χ3v) is 2.83. The number of nitrogens with one attached hydrogen (secondary N) is 1. The van der Waals surface area contributed by atoms with Crippen LogP contribution in [-0.4, -0.2) is 29.9 Å². The first-order valence-electron chi connectivity index (χ1n) is 4.76. The second kappa shape index (κ2) is 3.01. The lowest BCUT2D eigenvalue weighted by atomic mass is 10.1. The molecule has 0 aromatic carbocycles. The lowest BCUT2D eigenvalue weighted by Crippen LogP contribution is -2.35. The molecule has 1 aliphatic heterocycles. The van der Waals surface area contributed by atoms with Crippen LogP contribution < -0.4 is 5.32 Å². The Hall–Kier alpha value is -1.06. The van der Waals surface area contributed by atoms with Crippen LogP contribution in [0.25, 0.3) is 0 Å². The Morgan fingerprint density at radius 3 is 2.69 bits per heavy atom. The molecular weight excluding hydrogens is 168 g/mol. The molecule has 0 spiro atoms. The van der Waals surface area contributed by atoms with Crippen LogP contribution in [-0.2, 0) is 4.79 Å². The van der Waals surface area contributed by atoms with Crippen molar-refractivity contribution in [3.05, 3.63) is 0 Å². The van der Waals surface area contributed by atoms with E-state index in [1.54, 1.807) is 0 Å². The first-order chi connectivity index (χ1) is 6.18. The molecule has 2 aliphatic rings. The highest BCUT2D eigenvalue weighted by molar-refractivity contribution is 6.01. The molecule has 1 N–H and O–H groups in total. The van der Waals surface area contributed by atoms with E-state index in [0.29, 0.717) is 12.5 Å². The van der Waals surface area contributed by atoms with E-state index in [9.17, 15) is 9.59 Å². The molecule has 1 heterocycles. The number of nitrogens with zero attached hydrogens (tertiary/aromatic N) is 1. The van der Waals surface area contributed by atoms with E-state index in [-0.39, 0.29) is 18.5 Å². The fourth-order valence-corrected chi connectivity index (χ4v) is 1.74. The molecule has 1 aliphatic carbocycles. The maximum atomic E-state index is 11.2. The number of hydrogen-bond acceptors (Lipinski definition) is 2. The number of hydrogen-bond donors (Lipinski definition) is 1. The average molecular weight is 182 g/mol. The molecule has 3 amide bonds. The second-order valence-corrected chi connectivity index (χ2v) is 3.98. The van der Waals surface area contributed by atoms with Gasteiger partial charge in [0.05, 0.1) is 6.54 Å². The molecular formula is C9H14N2O2. The van der Waals surface area contributed by atoms with Gasteiger partial charge in [0, 0.05) is 6.54 Å². The minimum absolute atomic E-state index is 0.0856. The highest BCUT2D eigenvalue weighted by Crippen LogP contribution is 2.36. The first kappa shape index (κ1) is 8.53. The van der Waals surface area contributed by atoms with Crippen molar-refractivity contribution in [1.29, 1.82) is 0 Å². The van der Waals surface area contributed by atoms with Gasteiger partial charge in [-0.2, -0.15) is 0 Å². The molecule has 0 aromatic rings. The number of rotatable bonds is 3. The lowest BCUT2D eigenvalue weighted by molar-refractivity contribution is -0.125. The van der Waals surface area contributed by atoms with E-state index in [4.69, 9.17) is 0 Å². The molecule has 13 heavy (non-hydrogen) atoms. The molecule has 0 radical (unpaired) electrons. The van der Waals surface area contributed by atoms with E-state index in [0.717, 1.165) is 5.92 Å². The molecule has 0 aromatic heterocycles. The molecule has 2 rings (SSSR count). The predicted octanol–water partition coefficient (Wildman–Crippen LogP) is 0.584. The van der Waals surface area contributed by atoms with Crippen LogP contribution in [0.5, 0.6) is 0 Å². The van der Waals surface area contributed by atoms with Gasteiger partial charge in [-0.25, -0.2) is 4.79 Å². The quantitative estimate of drug-likeness (QED) is 0.649. The SMILES string of the molecule is CC(CN1C(=O)CNC1=O)C1CC1. The van der Waals surface area contributed by atoms with E-state index >= 15 is 0 Å². The van der Waals surface area contributed by atoms with Crippen molar-refractivity contribution >= 4 is 11.9 Å². The summed E-state index contributed by atoms with van der Waals surface area (Å²) >= 11 is 0. The summed E-state index contributed by atoms with van der Waals surface area (Å²) in [7, 11) is 0. The number of urea groups is 1. The molecule has 4 heteroatoms. The van der Waals surface area contributed by atoms with Gasteiger partial charge in [-0.1, -0.05) is 6.92 Å². The molecule has 4 nitrogen and oxygen atoms in total. The van der Waals surface area contributed by atoms with Crippen molar-refractivity contribution < 1.29 is 9.59 Å². The molecule has 72 valence electrons. The molecule has 0 bridgehead atoms. The Kier molecular flexibility index (Phi) is 1.98. The Bertz CT molecular complexity index is 232. The topological polar surface area (TPSA) is 49.4 Å². The van der Waals surface area contributed by atoms with Crippen LogP contribution in [0.15, 0.2) is 0 Å². The van der Waals surface area contributed by atoms with Crippen molar-refractivity contribution in [2.45, 2.75) is 19.8 Å². The van der Waals surface area contributed by atoms with E-state index < -0.39 is 0 Å². The number of amides is 3. The second-order valence-electron chi connectivity index (χ2n) is 3.98. The Morgan fingerprint density at radius 1 is 1.54 bits per heavy atom. The zero-order valence-electron chi connectivity index (χ0n) is 7.75. The highest BCUT2D eigenvalue weighted by Gasteiger charge is 2.34. The van der Waals surface area contributed by atoms with Crippen LogP contribution in [0, 0.1) is 11.8 Å². The van der Waals surface area contributed by atoms with Gasteiger partial charge in [0.1, 0.15) is 0 Å². The Labute approximate surface area is 77.3 Å². The molecule has 1 saturated heterocycles. The summed E-state index contributed by atoms with van der Waals surface area (Å²) in [5.74, 6) is 1.12. The summed E-state index contributed by atoms with van der Waals surface area (Å²) in [5.41, 5.74) is 0. The summed E-state index contributed by atoms with van der Waals surface area (Å²) in [4.78, 5) is 23.7. The summed E-state index contributed by atoms with van der Waals surface area (Å²) in [5, 5.41) is 2.52. The number of carbonyl (C=O) groups is 2. The van der Waals surface area contributed by atoms with Crippen molar-refractivity contribution in [2.75, 3.05) is 13.1 Å². The molecule has 1 unspecified atom stereocenters. The average Bonchev–Trinajstić information content (AvgIpc) is 2.88. The largest absolute Gasteiger partial charge is 0.329 e. The zero-order valence-corrected chi connectivity index (χ0v) is 7.75. The van der Waals surface area contributed by atoms with Crippen LogP contribution in [0.1, 0.15) is 19.8 Å². The van der Waals surface area contributed by atoms with Crippen LogP contribution in [0.3, 0.4) is 0 Å². The minimum atomic E-state index is -0.225. The number of imide groups is 1. The van der Waals surface area contributed by atoms with Crippen LogP contribution in [0.4, 0.5) is 4.79 Å². The van der Waals surface area contributed by atoms with Crippen molar-refractivity contribution in [2.24, 2.45) is 11.8 Å².